The molecule has 0 saturated heterocycles. The summed E-state index contributed by atoms with van der Waals surface area (Å²) in [5.74, 6) is 0.373. The first-order chi connectivity index (χ1) is 11.0. The summed E-state index contributed by atoms with van der Waals surface area (Å²) in [6.45, 7) is 8.88. The number of carbonyl (C=O) groups is 1. The molecule has 0 radical (unpaired) electrons. The number of rotatable bonds is 6. The summed E-state index contributed by atoms with van der Waals surface area (Å²) in [6, 6.07) is 7.54. The zero-order valence-corrected chi connectivity index (χ0v) is 14.9. The van der Waals surface area contributed by atoms with E-state index < -0.39 is 0 Å². The average molecular weight is 334 g/mol. The van der Waals surface area contributed by atoms with Crippen LogP contribution in [-0.2, 0) is 12.8 Å². The number of hydrogen-bond acceptors (Lipinski definition) is 2. The monoisotopic (exact) mass is 333 g/mol. The molecule has 4 nitrogen and oxygen atoms in total. The van der Waals surface area contributed by atoms with Gasteiger partial charge >= 0.3 is 0 Å². The van der Waals surface area contributed by atoms with Crippen molar-refractivity contribution in [3.8, 4) is 5.69 Å². The van der Waals surface area contributed by atoms with Crippen LogP contribution in [0.2, 0.25) is 5.02 Å². The molecule has 0 fully saturated rings. The Morgan fingerprint density at radius 1 is 1.30 bits per heavy atom. The van der Waals surface area contributed by atoms with Gasteiger partial charge in [0.05, 0.1) is 22.6 Å². The minimum absolute atomic E-state index is 0.0410. The van der Waals surface area contributed by atoms with Gasteiger partial charge in [-0.05, 0) is 37.0 Å². The molecule has 2 aromatic rings. The lowest BCUT2D eigenvalue weighted by Gasteiger charge is -2.10. The standard InChI is InChI=1S/C18H24ClN3O/c1-5-15-17(18(23)20-11-12(3)4)16(6-2)22(21-15)14-9-7-8-13(19)10-14/h7-10,12H,5-6,11H2,1-4H3,(H,20,23). The molecule has 1 N–H and O–H groups in total. The van der Waals surface area contributed by atoms with Crippen LogP contribution in [0.15, 0.2) is 24.3 Å². The van der Waals surface area contributed by atoms with Crippen molar-refractivity contribution >= 4 is 17.5 Å². The van der Waals surface area contributed by atoms with Crippen molar-refractivity contribution in [2.75, 3.05) is 6.54 Å². The highest BCUT2D eigenvalue weighted by atomic mass is 35.5. The van der Waals surface area contributed by atoms with E-state index in [-0.39, 0.29) is 5.91 Å². The molecule has 0 aliphatic rings. The average Bonchev–Trinajstić information content (AvgIpc) is 2.91. The zero-order chi connectivity index (χ0) is 17.0. The first-order valence-corrected chi connectivity index (χ1v) is 8.50. The number of carbonyl (C=O) groups excluding carboxylic acids is 1. The second-order valence-electron chi connectivity index (χ2n) is 5.97. The first-order valence-electron chi connectivity index (χ1n) is 8.12. The Labute approximate surface area is 142 Å². The van der Waals surface area contributed by atoms with Gasteiger partial charge in [0.2, 0.25) is 0 Å². The normalized spacial score (nSPS) is 11.0. The highest BCUT2D eigenvalue weighted by Crippen LogP contribution is 2.22. The van der Waals surface area contributed by atoms with E-state index in [4.69, 9.17) is 11.6 Å². The van der Waals surface area contributed by atoms with E-state index in [1.165, 1.54) is 0 Å². The minimum atomic E-state index is -0.0410. The maximum atomic E-state index is 12.6. The predicted octanol–water partition coefficient (Wildman–Crippen LogP) is 4.04. The van der Waals surface area contributed by atoms with E-state index in [2.05, 4.69) is 24.3 Å². The summed E-state index contributed by atoms with van der Waals surface area (Å²) in [7, 11) is 0. The summed E-state index contributed by atoms with van der Waals surface area (Å²) in [5.41, 5.74) is 3.33. The Morgan fingerprint density at radius 2 is 2.04 bits per heavy atom. The third-order valence-corrected chi connectivity index (χ3v) is 3.91. The van der Waals surface area contributed by atoms with Crippen LogP contribution in [-0.4, -0.2) is 22.2 Å². The number of aryl methyl sites for hydroxylation is 1. The number of nitrogens with zero attached hydrogens (tertiary/aromatic N) is 2. The Morgan fingerprint density at radius 3 is 2.61 bits per heavy atom. The number of benzene rings is 1. The number of amides is 1. The fourth-order valence-electron chi connectivity index (χ4n) is 2.55. The maximum Gasteiger partial charge on any atom is 0.255 e. The first kappa shape index (κ1) is 17.5. The molecule has 2 rings (SSSR count). The largest absolute Gasteiger partial charge is 0.352 e. The van der Waals surface area contributed by atoms with Crippen LogP contribution >= 0.6 is 11.6 Å². The van der Waals surface area contributed by atoms with Gasteiger partial charge in [0.25, 0.3) is 5.91 Å². The lowest BCUT2D eigenvalue weighted by Crippen LogP contribution is -2.28. The minimum Gasteiger partial charge on any atom is -0.352 e. The van der Waals surface area contributed by atoms with Gasteiger partial charge in [-0.15, -0.1) is 0 Å². The van der Waals surface area contributed by atoms with E-state index in [9.17, 15) is 4.79 Å². The molecular formula is C18H24ClN3O. The Bertz CT molecular complexity index is 692. The highest BCUT2D eigenvalue weighted by Gasteiger charge is 2.22. The molecule has 0 unspecified atom stereocenters. The molecule has 5 heteroatoms. The van der Waals surface area contributed by atoms with E-state index >= 15 is 0 Å². The van der Waals surface area contributed by atoms with Gasteiger partial charge in [-0.25, -0.2) is 4.68 Å². The fourth-order valence-corrected chi connectivity index (χ4v) is 2.73. The molecular weight excluding hydrogens is 310 g/mol. The SMILES string of the molecule is CCc1nn(-c2cccc(Cl)c2)c(CC)c1C(=O)NCC(C)C. The zero-order valence-electron chi connectivity index (χ0n) is 14.2. The molecule has 0 aliphatic carbocycles. The van der Waals surface area contributed by atoms with Crippen molar-refractivity contribution in [3.63, 3.8) is 0 Å². The van der Waals surface area contributed by atoms with Gasteiger partial charge in [-0.3, -0.25) is 4.79 Å². The van der Waals surface area contributed by atoms with E-state index in [0.717, 1.165) is 23.5 Å². The lowest BCUT2D eigenvalue weighted by molar-refractivity contribution is 0.0947. The van der Waals surface area contributed by atoms with Crippen molar-refractivity contribution in [1.82, 2.24) is 15.1 Å². The molecule has 0 bridgehead atoms. The molecule has 124 valence electrons. The molecule has 0 saturated carbocycles. The Kier molecular flexibility index (Phi) is 5.83. The van der Waals surface area contributed by atoms with Crippen LogP contribution in [0.3, 0.4) is 0 Å². The van der Waals surface area contributed by atoms with E-state index in [1.54, 1.807) is 0 Å². The summed E-state index contributed by atoms with van der Waals surface area (Å²) in [5, 5.41) is 8.32. The summed E-state index contributed by atoms with van der Waals surface area (Å²) >= 11 is 6.10. The molecule has 0 spiro atoms. The van der Waals surface area contributed by atoms with Gasteiger partial charge in [-0.1, -0.05) is 45.4 Å². The smallest absolute Gasteiger partial charge is 0.255 e. The third kappa shape index (κ3) is 3.94. The van der Waals surface area contributed by atoms with Gasteiger partial charge in [-0.2, -0.15) is 5.10 Å². The van der Waals surface area contributed by atoms with Crippen molar-refractivity contribution in [2.24, 2.45) is 5.92 Å². The van der Waals surface area contributed by atoms with Crippen molar-refractivity contribution in [3.05, 3.63) is 46.2 Å². The van der Waals surface area contributed by atoms with Crippen LogP contribution < -0.4 is 5.32 Å². The number of hydrogen-bond donors (Lipinski definition) is 1. The molecule has 1 aromatic carbocycles. The maximum absolute atomic E-state index is 12.6. The number of aromatic nitrogens is 2. The van der Waals surface area contributed by atoms with Gasteiger partial charge in [0, 0.05) is 11.6 Å². The predicted molar refractivity (Wildman–Crippen MR) is 94.5 cm³/mol. The van der Waals surface area contributed by atoms with Crippen LogP contribution in [0.25, 0.3) is 5.69 Å². The topological polar surface area (TPSA) is 46.9 Å². The van der Waals surface area contributed by atoms with Gasteiger partial charge < -0.3 is 5.32 Å². The van der Waals surface area contributed by atoms with E-state index in [1.807, 2.05) is 42.8 Å². The van der Waals surface area contributed by atoms with Crippen molar-refractivity contribution < 1.29 is 4.79 Å². The molecule has 0 aliphatic heterocycles. The number of nitrogens with one attached hydrogen (secondary N) is 1. The molecule has 1 aromatic heterocycles. The Hall–Kier alpha value is -1.81. The lowest BCUT2D eigenvalue weighted by atomic mass is 10.1. The summed E-state index contributed by atoms with van der Waals surface area (Å²) < 4.78 is 1.84. The van der Waals surface area contributed by atoms with Crippen molar-refractivity contribution in [2.45, 2.75) is 40.5 Å². The fraction of sp³-hybridized carbons (Fsp3) is 0.444. The molecule has 23 heavy (non-hydrogen) atoms. The third-order valence-electron chi connectivity index (χ3n) is 3.67. The van der Waals surface area contributed by atoms with Gasteiger partial charge in [0.1, 0.15) is 0 Å². The quantitative estimate of drug-likeness (QED) is 0.867. The van der Waals surface area contributed by atoms with E-state index in [0.29, 0.717) is 29.5 Å². The van der Waals surface area contributed by atoms with Crippen LogP contribution in [0.1, 0.15) is 49.4 Å². The second kappa shape index (κ2) is 7.64. The number of halogens is 1. The molecule has 0 atom stereocenters. The van der Waals surface area contributed by atoms with Crippen LogP contribution in [0, 0.1) is 5.92 Å². The molecule has 1 heterocycles. The second-order valence-corrected chi connectivity index (χ2v) is 6.41. The van der Waals surface area contributed by atoms with Gasteiger partial charge in [0.15, 0.2) is 0 Å². The highest BCUT2D eigenvalue weighted by molar-refractivity contribution is 6.30. The van der Waals surface area contributed by atoms with Crippen molar-refractivity contribution in [1.29, 1.82) is 0 Å². The summed E-state index contributed by atoms with van der Waals surface area (Å²) in [4.78, 5) is 12.6. The molecule has 1 amide bonds. The van der Waals surface area contributed by atoms with Crippen LogP contribution in [0.4, 0.5) is 0 Å². The van der Waals surface area contributed by atoms with Crippen LogP contribution in [0.5, 0.6) is 0 Å². The Balaban J connectivity index is 2.48. The summed E-state index contributed by atoms with van der Waals surface area (Å²) in [6.07, 6.45) is 1.44.